The molecule has 2 aromatic carbocycles. The first-order chi connectivity index (χ1) is 16.5. The molecule has 0 radical (unpaired) electrons. The van der Waals surface area contributed by atoms with E-state index in [2.05, 4.69) is 5.32 Å². The molecule has 1 aliphatic heterocycles. The van der Waals surface area contributed by atoms with E-state index in [0.29, 0.717) is 17.3 Å². The van der Waals surface area contributed by atoms with Crippen LogP contribution < -0.4 is 5.32 Å². The molecule has 0 saturated heterocycles. The highest BCUT2D eigenvalue weighted by Crippen LogP contribution is 2.35. The van der Waals surface area contributed by atoms with Crippen LogP contribution in [0.5, 0.6) is 0 Å². The van der Waals surface area contributed by atoms with Gasteiger partial charge in [0.1, 0.15) is 11.2 Å². The molecule has 5 rings (SSSR count). The predicted octanol–water partition coefficient (Wildman–Crippen LogP) is 5.67. The molecule has 0 bridgehead atoms. The molecular weight excluding hydrogens is 446 g/mol. The van der Waals surface area contributed by atoms with E-state index >= 15 is 0 Å². The van der Waals surface area contributed by atoms with Gasteiger partial charge in [0.2, 0.25) is 5.91 Å². The number of benzene rings is 2. The van der Waals surface area contributed by atoms with Gasteiger partial charge in [-0.1, -0.05) is 79.4 Å². The van der Waals surface area contributed by atoms with Crippen molar-refractivity contribution in [2.24, 2.45) is 0 Å². The van der Waals surface area contributed by atoms with Crippen LogP contribution in [0.2, 0.25) is 5.02 Å². The van der Waals surface area contributed by atoms with Crippen molar-refractivity contribution in [1.82, 2.24) is 14.8 Å². The van der Waals surface area contributed by atoms with E-state index in [9.17, 15) is 9.59 Å². The molecule has 3 aromatic rings. The molecule has 1 saturated carbocycles. The minimum atomic E-state index is -1.05. The smallest absolute Gasteiger partial charge is 0.271 e. The van der Waals surface area contributed by atoms with Crippen LogP contribution in [0.15, 0.2) is 66.7 Å². The van der Waals surface area contributed by atoms with Gasteiger partial charge in [0.25, 0.3) is 5.91 Å². The van der Waals surface area contributed by atoms with Crippen LogP contribution in [0.4, 0.5) is 0 Å². The van der Waals surface area contributed by atoms with Crippen LogP contribution in [-0.2, 0) is 17.9 Å². The van der Waals surface area contributed by atoms with E-state index in [4.69, 9.17) is 11.6 Å². The number of hydrogen-bond donors (Lipinski definition) is 1. The van der Waals surface area contributed by atoms with E-state index in [0.717, 1.165) is 42.5 Å². The zero-order chi connectivity index (χ0) is 23.7. The summed E-state index contributed by atoms with van der Waals surface area (Å²) < 4.78 is 2.00. The molecule has 2 amide bonds. The fraction of sp³-hybridized carbons (Fsp3) is 0.357. The highest BCUT2D eigenvalue weighted by atomic mass is 35.5. The summed E-state index contributed by atoms with van der Waals surface area (Å²) in [5.74, 6) is -0.257. The molecule has 2 aliphatic rings. The fourth-order valence-electron chi connectivity index (χ4n) is 5.27. The molecule has 176 valence electrons. The molecule has 0 spiro atoms. The molecule has 2 heterocycles. The highest BCUT2D eigenvalue weighted by molar-refractivity contribution is 6.31. The number of hydrogen-bond acceptors (Lipinski definition) is 2. The summed E-state index contributed by atoms with van der Waals surface area (Å²) in [5, 5.41) is 3.88. The maximum absolute atomic E-state index is 13.9. The number of carbonyl (C=O) groups is 2. The fourth-order valence-corrected chi connectivity index (χ4v) is 5.46. The van der Waals surface area contributed by atoms with E-state index in [1.165, 1.54) is 6.42 Å². The van der Waals surface area contributed by atoms with Crippen molar-refractivity contribution in [3.05, 3.63) is 83.0 Å². The summed E-state index contributed by atoms with van der Waals surface area (Å²) in [6.45, 7) is 2.55. The number of halogens is 1. The standard InChI is InChI=1S/C28H30ClN3O2/c1-28(27(34)30-22-13-6-3-7-14-22)19-31-24(20-10-4-2-5-11-20)16-17-25(31)26(33)32(28)18-21-12-8-9-15-23(21)29/h2,4-5,8-12,15-17,22H,3,6-7,13-14,18-19H2,1H3,(H,30,34)/t28-/m0/s1. The Balaban J connectivity index is 1.55. The van der Waals surface area contributed by atoms with Gasteiger partial charge in [-0.3, -0.25) is 9.59 Å². The van der Waals surface area contributed by atoms with Crippen LogP contribution in [0, 0.1) is 0 Å². The maximum atomic E-state index is 13.9. The number of aromatic nitrogens is 1. The number of fused-ring (bicyclic) bond motifs is 1. The molecule has 1 atom stereocenters. The minimum Gasteiger partial charge on any atom is -0.351 e. The third-order valence-electron chi connectivity index (χ3n) is 7.29. The Morgan fingerprint density at radius 1 is 0.971 bits per heavy atom. The van der Waals surface area contributed by atoms with Gasteiger partial charge in [-0.15, -0.1) is 0 Å². The van der Waals surface area contributed by atoms with Crippen LogP contribution in [0.25, 0.3) is 11.3 Å². The van der Waals surface area contributed by atoms with Gasteiger partial charge in [-0.25, -0.2) is 0 Å². The molecular formula is C28H30ClN3O2. The van der Waals surface area contributed by atoms with Crippen molar-refractivity contribution in [1.29, 1.82) is 0 Å². The second-order valence-corrected chi connectivity index (χ2v) is 10.0. The quantitative estimate of drug-likeness (QED) is 0.516. The lowest BCUT2D eigenvalue weighted by Crippen LogP contribution is -2.64. The molecule has 1 aromatic heterocycles. The summed E-state index contributed by atoms with van der Waals surface area (Å²) >= 11 is 6.46. The first-order valence-corrected chi connectivity index (χ1v) is 12.5. The summed E-state index contributed by atoms with van der Waals surface area (Å²) in [6, 6.07) is 21.5. The first-order valence-electron chi connectivity index (χ1n) is 12.1. The monoisotopic (exact) mass is 475 g/mol. The van der Waals surface area contributed by atoms with Gasteiger partial charge < -0.3 is 14.8 Å². The molecule has 1 fully saturated rings. The van der Waals surface area contributed by atoms with Crippen molar-refractivity contribution in [2.75, 3.05) is 0 Å². The van der Waals surface area contributed by atoms with Crippen molar-refractivity contribution >= 4 is 23.4 Å². The predicted molar refractivity (Wildman–Crippen MR) is 135 cm³/mol. The average Bonchev–Trinajstić information content (AvgIpc) is 3.27. The molecule has 1 N–H and O–H groups in total. The second-order valence-electron chi connectivity index (χ2n) is 9.62. The van der Waals surface area contributed by atoms with Gasteiger partial charge in [-0.2, -0.15) is 0 Å². The molecule has 5 nitrogen and oxygen atoms in total. The largest absolute Gasteiger partial charge is 0.351 e. The first kappa shape index (κ1) is 22.7. The zero-order valence-electron chi connectivity index (χ0n) is 19.5. The summed E-state index contributed by atoms with van der Waals surface area (Å²) in [7, 11) is 0. The number of amides is 2. The van der Waals surface area contributed by atoms with Crippen molar-refractivity contribution in [3.8, 4) is 11.3 Å². The SMILES string of the molecule is C[C@@]1(C(=O)NC2CCCCC2)Cn2c(ccc2-c2ccccc2)C(=O)N1Cc1ccccc1Cl. The Labute approximate surface area is 205 Å². The number of rotatable bonds is 5. The summed E-state index contributed by atoms with van der Waals surface area (Å²) in [4.78, 5) is 29.4. The van der Waals surface area contributed by atoms with Gasteiger partial charge in [0.05, 0.1) is 6.54 Å². The van der Waals surface area contributed by atoms with Crippen LogP contribution >= 0.6 is 11.6 Å². The Morgan fingerprint density at radius 3 is 2.38 bits per heavy atom. The third-order valence-corrected chi connectivity index (χ3v) is 7.66. The van der Waals surface area contributed by atoms with E-state index in [-0.39, 0.29) is 24.4 Å². The Bertz CT molecular complexity index is 1200. The normalized spacial score (nSPS) is 20.8. The van der Waals surface area contributed by atoms with Gasteiger partial charge in [0, 0.05) is 23.3 Å². The molecule has 6 heteroatoms. The van der Waals surface area contributed by atoms with Gasteiger partial charge in [-0.05, 0) is 49.1 Å². The topological polar surface area (TPSA) is 54.3 Å². The molecule has 0 unspecified atom stereocenters. The third kappa shape index (κ3) is 4.14. The second kappa shape index (κ2) is 9.30. The Morgan fingerprint density at radius 2 is 1.65 bits per heavy atom. The molecule has 34 heavy (non-hydrogen) atoms. The average molecular weight is 476 g/mol. The van der Waals surface area contributed by atoms with Crippen molar-refractivity contribution in [2.45, 2.75) is 63.7 Å². The number of nitrogens with zero attached hydrogens (tertiary/aromatic N) is 2. The lowest BCUT2D eigenvalue weighted by Gasteiger charge is -2.45. The van der Waals surface area contributed by atoms with Crippen LogP contribution in [0.1, 0.15) is 55.1 Å². The number of carbonyl (C=O) groups excluding carboxylic acids is 2. The van der Waals surface area contributed by atoms with Crippen molar-refractivity contribution in [3.63, 3.8) is 0 Å². The summed E-state index contributed by atoms with van der Waals surface area (Å²) in [6.07, 6.45) is 5.45. The van der Waals surface area contributed by atoms with E-state index in [1.54, 1.807) is 4.90 Å². The van der Waals surface area contributed by atoms with Gasteiger partial charge >= 0.3 is 0 Å². The van der Waals surface area contributed by atoms with Gasteiger partial charge in [0.15, 0.2) is 0 Å². The Kier molecular flexibility index (Phi) is 6.22. The highest BCUT2D eigenvalue weighted by Gasteiger charge is 2.48. The van der Waals surface area contributed by atoms with Crippen LogP contribution in [0.3, 0.4) is 0 Å². The Hall–Kier alpha value is -3.05. The maximum Gasteiger partial charge on any atom is 0.271 e. The lowest BCUT2D eigenvalue weighted by molar-refractivity contribution is -0.134. The minimum absolute atomic E-state index is 0.0989. The van der Waals surface area contributed by atoms with E-state index < -0.39 is 5.54 Å². The van der Waals surface area contributed by atoms with Crippen LogP contribution in [-0.4, -0.2) is 32.9 Å². The lowest BCUT2D eigenvalue weighted by atomic mass is 9.91. The number of nitrogens with one attached hydrogen (secondary N) is 1. The molecule has 1 aliphatic carbocycles. The van der Waals surface area contributed by atoms with Crippen molar-refractivity contribution < 1.29 is 9.59 Å². The summed E-state index contributed by atoms with van der Waals surface area (Å²) in [5.41, 5.74) is 2.34. The van der Waals surface area contributed by atoms with E-state index in [1.807, 2.05) is 78.2 Å². The zero-order valence-corrected chi connectivity index (χ0v) is 20.2.